The van der Waals surface area contributed by atoms with Gasteiger partial charge in [0.1, 0.15) is 5.82 Å². The lowest BCUT2D eigenvalue weighted by Crippen LogP contribution is -2.23. The van der Waals surface area contributed by atoms with E-state index in [1.807, 2.05) is 11.4 Å². The van der Waals surface area contributed by atoms with E-state index in [0.717, 1.165) is 21.5 Å². The molecule has 0 aliphatic carbocycles. The van der Waals surface area contributed by atoms with Crippen LogP contribution in [0.1, 0.15) is 4.88 Å². The fourth-order valence-electron chi connectivity index (χ4n) is 1.43. The van der Waals surface area contributed by atoms with E-state index in [4.69, 9.17) is 5.73 Å². The molecule has 0 amide bonds. The molecule has 8 heteroatoms. The Balaban J connectivity index is 2.21. The lowest BCUT2D eigenvalue weighted by Gasteiger charge is -2.07. The van der Waals surface area contributed by atoms with Crippen molar-refractivity contribution in [2.24, 2.45) is 0 Å². The predicted octanol–water partition coefficient (Wildman–Crippen LogP) is 2.71. The van der Waals surface area contributed by atoms with Gasteiger partial charge in [-0.3, -0.25) is 0 Å². The van der Waals surface area contributed by atoms with Crippen molar-refractivity contribution in [1.29, 1.82) is 0 Å². The number of hydrogen-bond acceptors (Lipinski definition) is 4. The summed E-state index contributed by atoms with van der Waals surface area (Å²) in [5.74, 6) is -0.683. The molecule has 0 atom stereocenters. The van der Waals surface area contributed by atoms with Crippen molar-refractivity contribution < 1.29 is 12.8 Å². The van der Waals surface area contributed by atoms with Crippen LogP contribution in [0.3, 0.4) is 0 Å². The first-order chi connectivity index (χ1) is 8.88. The Hall–Kier alpha value is -0.960. The molecule has 19 heavy (non-hydrogen) atoms. The largest absolute Gasteiger partial charge is 0.399 e. The first-order valence-electron chi connectivity index (χ1n) is 5.16. The summed E-state index contributed by atoms with van der Waals surface area (Å²) in [6, 6.07) is 5.04. The van der Waals surface area contributed by atoms with Crippen LogP contribution in [0.15, 0.2) is 39.0 Å². The van der Waals surface area contributed by atoms with Crippen LogP contribution in [0.2, 0.25) is 0 Å². The predicted molar refractivity (Wildman–Crippen MR) is 76.9 cm³/mol. The van der Waals surface area contributed by atoms with Crippen molar-refractivity contribution in [3.63, 3.8) is 0 Å². The fourth-order valence-corrected chi connectivity index (χ4v) is 4.02. The Morgan fingerprint density at radius 3 is 2.68 bits per heavy atom. The second-order valence-electron chi connectivity index (χ2n) is 3.74. The summed E-state index contributed by atoms with van der Waals surface area (Å²) in [6.45, 7) is 0.136. The molecule has 0 saturated carbocycles. The van der Waals surface area contributed by atoms with Crippen molar-refractivity contribution in [1.82, 2.24) is 4.72 Å². The quantitative estimate of drug-likeness (QED) is 0.819. The zero-order chi connectivity index (χ0) is 14.0. The monoisotopic (exact) mass is 364 g/mol. The summed E-state index contributed by atoms with van der Waals surface area (Å²) in [7, 11) is -3.78. The van der Waals surface area contributed by atoms with E-state index in [-0.39, 0.29) is 17.1 Å². The number of benzene rings is 1. The van der Waals surface area contributed by atoms with Crippen LogP contribution < -0.4 is 10.5 Å². The third-order valence-corrected chi connectivity index (χ3v) is 5.62. The lowest BCUT2D eigenvalue weighted by molar-refractivity contribution is 0.578. The molecule has 2 rings (SSSR count). The van der Waals surface area contributed by atoms with Crippen molar-refractivity contribution in [3.05, 3.63) is 44.8 Å². The lowest BCUT2D eigenvalue weighted by atomic mass is 10.3. The maximum absolute atomic E-state index is 13.2. The first kappa shape index (κ1) is 14.4. The zero-order valence-corrected chi connectivity index (χ0v) is 12.8. The van der Waals surface area contributed by atoms with E-state index >= 15 is 0 Å². The van der Waals surface area contributed by atoms with E-state index in [0.29, 0.717) is 0 Å². The van der Waals surface area contributed by atoms with E-state index in [2.05, 4.69) is 20.7 Å². The van der Waals surface area contributed by atoms with Gasteiger partial charge in [0.15, 0.2) is 0 Å². The maximum atomic E-state index is 13.2. The van der Waals surface area contributed by atoms with Crippen LogP contribution in [0.25, 0.3) is 0 Å². The highest BCUT2D eigenvalue weighted by Gasteiger charge is 2.16. The number of nitrogens with two attached hydrogens (primary N) is 1. The smallest absolute Gasteiger partial charge is 0.241 e. The molecule has 2 aromatic rings. The van der Waals surface area contributed by atoms with Gasteiger partial charge < -0.3 is 5.73 Å². The number of nitrogens with one attached hydrogen (secondary N) is 1. The molecule has 1 aromatic heterocycles. The number of sulfonamides is 1. The highest BCUT2D eigenvalue weighted by atomic mass is 79.9. The molecule has 0 bridgehead atoms. The number of rotatable bonds is 4. The molecule has 0 aliphatic rings. The van der Waals surface area contributed by atoms with E-state index in [1.54, 1.807) is 0 Å². The molecule has 0 aliphatic heterocycles. The van der Waals surface area contributed by atoms with Crippen LogP contribution in [0.4, 0.5) is 10.1 Å². The maximum Gasteiger partial charge on any atom is 0.241 e. The Bertz CT molecular complexity index is 680. The molecular formula is C11H10BrFN2O2S2. The highest BCUT2D eigenvalue weighted by molar-refractivity contribution is 9.10. The number of thiophene rings is 1. The van der Waals surface area contributed by atoms with Gasteiger partial charge in [-0.2, -0.15) is 0 Å². The van der Waals surface area contributed by atoms with E-state index in [1.165, 1.54) is 17.4 Å². The summed E-state index contributed by atoms with van der Waals surface area (Å²) in [5, 5.41) is 1.84. The van der Waals surface area contributed by atoms with E-state index in [9.17, 15) is 12.8 Å². The molecule has 0 saturated heterocycles. The summed E-state index contributed by atoms with van der Waals surface area (Å²) in [4.78, 5) is 0.658. The minimum atomic E-state index is -3.78. The highest BCUT2D eigenvalue weighted by Crippen LogP contribution is 2.23. The van der Waals surface area contributed by atoms with Gasteiger partial charge in [-0.1, -0.05) is 0 Å². The standard InChI is InChI=1S/C11H10BrFN2O2S2/c12-10-1-2-18-11(10)6-15-19(16,17)9-4-7(13)3-8(14)5-9/h1-5,15H,6,14H2. The Kier molecular flexibility index (Phi) is 4.24. The third-order valence-electron chi connectivity index (χ3n) is 2.32. The van der Waals surface area contributed by atoms with Gasteiger partial charge in [-0.05, 0) is 45.6 Å². The second-order valence-corrected chi connectivity index (χ2v) is 7.36. The third kappa shape index (κ3) is 3.53. The van der Waals surface area contributed by atoms with Crippen molar-refractivity contribution in [3.8, 4) is 0 Å². The van der Waals surface area contributed by atoms with Crippen LogP contribution in [0, 0.1) is 5.82 Å². The summed E-state index contributed by atoms with van der Waals surface area (Å²) >= 11 is 4.73. The van der Waals surface area contributed by atoms with Gasteiger partial charge in [0.25, 0.3) is 0 Å². The topological polar surface area (TPSA) is 72.2 Å². The molecule has 1 aromatic carbocycles. The van der Waals surface area contributed by atoms with Crippen molar-refractivity contribution in [2.45, 2.75) is 11.4 Å². The number of anilines is 1. The molecule has 1 heterocycles. The second kappa shape index (κ2) is 5.58. The van der Waals surface area contributed by atoms with Gasteiger partial charge in [0, 0.05) is 21.6 Å². The summed E-state index contributed by atoms with van der Waals surface area (Å²) in [5.41, 5.74) is 5.50. The SMILES string of the molecule is Nc1cc(F)cc(S(=O)(=O)NCc2sccc2Br)c1. The average Bonchev–Trinajstić information content (AvgIpc) is 2.71. The van der Waals surface area contributed by atoms with Gasteiger partial charge >= 0.3 is 0 Å². The zero-order valence-electron chi connectivity index (χ0n) is 9.56. The van der Waals surface area contributed by atoms with Crippen molar-refractivity contribution >= 4 is 43.0 Å². The molecule has 0 spiro atoms. The van der Waals surface area contributed by atoms with Gasteiger partial charge in [-0.25, -0.2) is 17.5 Å². The Morgan fingerprint density at radius 2 is 2.11 bits per heavy atom. The number of hydrogen-bond donors (Lipinski definition) is 2. The van der Waals surface area contributed by atoms with Gasteiger partial charge in [-0.15, -0.1) is 11.3 Å². The molecule has 4 nitrogen and oxygen atoms in total. The molecule has 102 valence electrons. The molecule has 0 radical (unpaired) electrons. The van der Waals surface area contributed by atoms with E-state index < -0.39 is 15.8 Å². The fraction of sp³-hybridized carbons (Fsp3) is 0.0909. The molecule has 0 fully saturated rings. The normalized spacial score (nSPS) is 11.7. The molecule has 3 N–H and O–H groups in total. The van der Waals surface area contributed by atoms with Crippen LogP contribution in [0.5, 0.6) is 0 Å². The Morgan fingerprint density at radius 1 is 1.37 bits per heavy atom. The van der Waals surface area contributed by atoms with Crippen molar-refractivity contribution in [2.75, 3.05) is 5.73 Å². The summed E-state index contributed by atoms with van der Waals surface area (Å²) in [6.07, 6.45) is 0. The Labute approximate surface area is 122 Å². The van der Waals surface area contributed by atoms with Gasteiger partial charge in [0.2, 0.25) is 10.0 Å². The number of halogens is 2. The van der Waals surface area contributed by atoms with Crippen LogP contribution in [-0.4, -0.2) is 8.42 Å². The minimum absolute atomic E-state index is 0.0673. The van der Waals surface area contributed by atoms with Crippen LogP contribution in [-0.2, 0) is 16.6 Å². The molecular weight excluding hydrogens is 355 g/mol. The van der Waals surface area contributed by atoms with Gasteiger partial charge in [0.05, 0.1) is 4.90 Å². The summed E-state index contributed by atoms with van der Waals surface area (Å²) < 4.78 is 40.4. The average molecular weight is 365 g/mol. The molecule has 0 unspecified atom stereocenters. The minimum Gasteiger partial charge on any atom is -0.399 e. The number of nitrogen functional groups attached to an aromatic ring is 1. The first-order valence-corrected chi connectivity index (χ1v) is 8.32. The van der Waals surface area contributed by atoms with Crippen LogP contribution >= 0.6 is 27.3 Å².